The topological polar surface area (TPSA) is 84.2 Å². The number of hydrogen-bond donors (Lipinski definition) is 2. The third kappa shape index (κ3) is 4.68. The van der Waals surface area contributed by atoms with Crippen LogP contribution in [0.15, 0.2) is 30.3 Å². The molecule has 0 bridgehead atoms. The van der Waals surface area contributed by atoms with Crippen molar-refractivity contribution in [1.29, 1.82) is 0 Å². The largest absolute Gasteiger partial charge is 0.480 e. The molecule has 0 saturated heterocycles. The summed E-state index contributed by atoms with van der Waals surface area (Å²) in [6.07, 6.45) is 0.679. The van der Waals surface area contributed by atoms with E-state index >= 15 is 0 Å². The van der Waals surface area contributed by atoms with Crippen molar-refractivity contribution in [1.82, 2.24) is 15.1 Å². The van der Waals surface area contributed by atoms with E-state index in [0.29, 0.717) is 18.5 Å². The Morgan fingerprint density at radius 3 is 2.36 bits per heavy atom. The van der Waals surface area contributed by atoms with Gasteiger partial charge in [-0.1, -0.05) is 32.4 Å². The summed E-state index contributed by atoms with van der Waals surface area (Å²) in [7, 11) is 0. The van der Waals surface area contributed by atoms with E-state index in [1.54, 1.807) is 12.1 Å². The van der Waals surface area contributed by atoms with Crippen LogP contribution in [0.5, 0.6) is 0 Å². The lowest BCUT2D eigenvalue weighted by Gasteiger charge is -2.20. The number of hydrogen-bond acceptors (Lipinski definition) is 3. The number of nitrogens with zero attached hydrogens (tertiary/aromatic N) is 2. The highest BCUT2D eigenvalue weighted by atomic mass is 16.4. The third-order valence-corrected chi connectivity index (χ3v) is 4.42. The Kier molecular flexibility index (Phi) is 5.96. The van der Waals surface area contributed by atoms with Gasteiger partial charge in [0, 0.05) is 11.3 Å². The molecule has 134 valence electrons. The maximum Gasteiger partial charge on any atom is 0.326 e. The van der Waals surface area contributed by atoms with Crippen molar-refractivity contribution in [2.75, 3.05) is 0 Å². The van der Waals surface area contributed by atoms with Crippen molar-refractivity contribution in [3.8, 4) is 0 Å². The van der Waals surface area contributed by atoms with Crippen LogP contribution in [-0.2, 0) is 11.3 Å². The Balaban J connectivity index is 2.07. The molecule has 2 aromatic rings. The van der Waals surface area contributed by atoms with E-state index in [2.05, 4.69) is 10.4 Å². The average molecular weight is 343 g/mol. The van der Waals surface area contributed by atoms with Crippen LogP contribution in [-0.4, -0.2) is 32.8 Å². The predicted molar refractivity (Wildman–Crippen MR) is 95.6 cm³/mol. The molecular formula is C19H25N3O3. The van der Waals surface area contributed by atoms with E-state index in [1.165, 1.54) is 0 Å². The van der Waals surface area contributed by atoms with E-state index in [9.17, 15) is 14.7 Å². The molecule has 1 heterocycles. The molecule has 2 rings (SSSR count). The van der Waals surface area contributed by atoms with Gasteiger partial charge in [0.05, 0.1) is 12.2 Å². The molecule has 25 heavy (non-hydrogen) atoms. The minimum atomic E-state index is -1.01. The summed E-state index contributed by atoms with van der Waals surface area (Å²) in [5, 5.41) is 16.3. The lowest BCUT2D eigenvalue weighted by Crippen LogP contribution is -2.45. The molecular weight excluding hydrogens is 318 g/mol. The fourth-order valence-electron chi connectivity index (χ4n) is 2.68. The molecule has 2 atom stereocenters. The van der Waals surface area contributed by atoms with E-state index in [1.807, 2.05) is 50.6 Å². The first-order valence-corrected chi connectivity index (χ1v) is 8.45. The second-order valence-corrected chi connectivity index (χ2v) is 6.46. The number of aliphatic carboxylic acids is 1. The van der Waals surface area contributed by atoms with Crippen molar-refractivity contribution in [2.45, 2.75) is 46.7 Å². The monoisotopic (exact) mass is 343 g/mol. The molecule has 0 fully saturated rings. The number of rotatable bonds is 7. The van der Waals surface area contributed by atoms with Crippen LogP contribution in [0, 0.1) is 19.8 Å². The number of aromatic nitrogens is 2. The zero-order valence-electron chi connectivity index (χ0n) is 15.1. The summed E-state index contributed by atoms with van der Waals surface area (Å²) in [6.45, 7) is 8.30. The zero-order valence-corrected chi connectivity index (χ0v) is 15.1. The van der Waals surface area contributed by atoms with Crippen LogP contribution < -0.4 is 5.32 Å². The van der Waals surface area contributed by atoms with Crippen LogP contribution in [0.1, 0.15) is 47.6 Å². The minimum absolute atomic E-state index is 0.133. The van der Waals surface area contributed by atoms with Crippen LogP contribution in [0.4, 0.5) is 0 Å². The van der Waals surface area contributed by atoms with Crippen LogP contribution in [0.3, 0.4) is 0 Å². The minimum Gasteiger partial charge on any atom is -0.480 e. The summed E-state index contributed by atoms with van der Waals surface area (Å²) in [6, 6.07) is 8.29. The molecule has 2 unspecified atom stereocenters. The molecule has 6 heteroatoms. The standard InChI is InChI=1S/C19H25N3O3/c1-5-12(2)17(19(24)25)20-18(23)16-8-6-15(7-9-16)11-22-14(4)10-13(3)21-22/h6-10,12,17H,5,11H2,1-4H3,(H,20,23)(H,24,25). The molecule has 0 aliphatic rings. The second-order valence-electron chi connectivity index (χ2n) is 6.46. The highest BCUT2D eigenvalue weighted by Gasteiger charge is 2.25. The normalized spacial score (nSPS) is 13.3. The number of aryl methyl sites for hydroxylation is 2. The first-order valence-electron chi connectivity index (χ1n) is 8.45. The molecule has 0 saturated carbocycles. The molecule has 0 aliphatic carbocycles. The molecule has 1 amide bonds. The maximum atomic E-state index is 12.3. The Morgan fingerprint density at radius 1 is 1.24 bits per heavy atom. The number of benzene rings is 1. The highest BCUT2D eigenvalue weighted by Crippen LogP contribution is 2.12. The van der Waals surface area contributed by atoms with Gasteiger partial charge in [0.2, 0.25) is 0 Å². The number of amides is 1. The number of carboxylic acids is 1. The quantitative estimate of drug-likeness (QED) is 0.809. The lowest BCUT2D eigenvalue weighted by atomic mass is 9.99. The molecule has 1 aromatic carbocycles. The number of carboxylic acid groups (broad SMARTS) is 1. The van der Waals surface area contributed by atoms with Crippen LogP contribution in [0.2, 0.25) is 0 Å². The molecule has 0 aliphatic heterocycles. The fraction of sp³-hybridized carbons (Fsp3) is 0.421. The maximum absolute atomic E-state index is 12.3. The second kappa shape index (κ2) is 7.96. The smallest absolute Gasteiger partial charge is 0.326 e. The van der Waals surface area contributed by atoms with Gasteiger partial charge in [0.25, 0.3) is 5.91 Å². The summed E-state index contributed by atoms with van der Waals surface area (Å²) in [5.74, 6) is -1.51. The van der Waals surface area contributed by atoms with Gasteiger partial charge in [-0.15, -0.1) is 0 Å². The van der Waals surface area contributed by atoms with Crippen LogP contribution in [0.25, 0.3) is 0 Å². The van der Waals surface area contributed by atoms with E-state index < -0.39 is 12.0 Å². The first-order chi connectivity index (χ1) is 11.8. The van der Waals surface area contributed by atoms with Gasteiger partial charge in [-0.3, -0.25) is 9.48 Å². The number of carbonyl (C=O) groups excluding carboxylic acids is 1. The first kappa shape index (κ1) is 18.7. The zero-order chi connectivity index (χ0) is 18.6. The van der Waals surface area contributed by atoms with Gasteiger partial charge in [0.15, 0.2) is 0 Å². The van der Waals surface area contributed by atoms with Crippen molar-refractivity contribution in [2.24, 2.45) is 5.92 Å². The van der Waals surface area contributed by atoms with Gasteiger partial charge in [-0.25, -0.2) is 4.79 Å². The van der Waals surface area contributed by atoms with Crippen molar-refractivity contribution >= 4 is 11.9 Å². The summed E-state index contributed by atoms with van der Waals surface area (Å²) in [5.41, 5.74) is 3.53. The summed E-state index contributed by atoms with van der Waals surface area (Å²) >= 11 is 0. The molecule has 0 radical (unpaired) electrons. The van der Waals surface area contributed by atoms with Crippen molar-refractivity contribution in [3.63, 3.8) is 0 Å². The Bertz CT molecular complexity index is 750. The van der Waals surface area contributed by atoms with Gasteiger partial charge < -0.3 is 10.4 Å². The summed E-state index contributed by atoms with van der Waals surface area (Å²) < 4.78 is 1.91. The Morgan fingerprint density at radius 2 is 1.88 bits per heavy atom. The highest BCUT2D eigenvalue weighted by molar-refractivity contribution is 5.96. The Labute approximate surface area is 147 Å². The summed E-state index contributed by atoms with van der Waals surface area (Å²) in [4.78, 5) is 23.6. The van der Waals surface area contributed by atoms with Gasteiger partial charge >= 0.3 is 5.97 Å². The van der Waals surface area contributed by atoms with Crippen molar-refractivity contribution < 1.29 is 14.7 Å². The molecule has 6 nitrogen and oxygen atoms in total. The van der Waals surface area contributed by atoms with Crippen molar-refractivity contribution in [3.05, 3.63) is 52.8 Å². The lowest BCUT2D eigenvalue weighted by molar-refractivity contribution is -0.140. The third-order valence-electron chi connectivity index (χ3n) is 4.42. The molecule has 1 aromatic heterocycles. The Hall–Kier alpha value is -2.63. The SMILES string of the molecule is CCC(C)C(NC(=O)c1ccc(Cn2nc(C)cc2C)cc1)C(=O)O. The average Bonchev–Trinajstić information content (AvgIpc) is 2.89. The van der Waals surface area contributed by atoms with Gasteiger partial charge in [0.1, 0.15) is 6.04 Å². The van der Waals surface area contributed by atoms with Gasteiger partial charge in [-0.05, 0) is 43.5 Å². The number of nitrogens with one attached hydrogen (secondary N) is 1. The predicted octanol–water partition coefficient (Wildman–Crippen LogP) is 2.78. The van der Waals surface area contributed by atoms with Crippen LogP contribution >= 0.6 is 0 Å². The van der Waals surface area contributed by atoms with E-state index in [0.717, 1.165) is 17.0 Å². The van der Waals surface area contributed by atoms with E-state index in [-0.39, 0.29) is 11.8 Å². The van der Waals surface area contributed by atoms with Gasteiger partial charge in [-0.2, -0.15) is 5.10 Å². The molecule has 2 N–H and O–H groups in total. The van der Waals surface area contributed by atoms with E-state index in [4.69, 9.17) is 0 Å². The number of carbonyl (C=O) groups is 2. The fourth-order valence-corrected chi connectivity index (χ4v) is 2.68. The molecule has 0 spiro atoms.